The second-order valence-electron chi connectivity index (χ2n) is 5.63. The summed E-state index contributed by atoms with van der Waals surface area (Å²) in [4.78, 5) is 23.5. The third kappa shape index (κ3) is 3.52. The first kappa shape index (κ1) is 16.7. The van der Waals surface area contributed by atoms with E-state index in [4.69, 9.17) is 15.8 Å². The average molecular weight is 340 g/mol. The largest absolute Gasteiger partial charge is 0.481 e. The van der Waals surface area contributed by atoms with Crippen molar-refractivity contribution in [3.8, 4) is 11.3 Å². The highest BCUT2D eigenvalue weighted by atomic mass is 16.4. The Kier molecular flexibility index (Phi) is 4.78. The van der Waals surface area contributed by atoms with Gasteiger partial charge in [0, 0.05) is 36.6 Å². The summed E-state index contributed by atoms with van der Waals surface area (Å²) >= 11 is 0. The molecule has 0 aliphatic carbocycles. The summed E-state index contributed by atoms with van der Waals surface area (Å²) in [5, 5.41) is 12.1. The van der Waals surface area contributed by atoms with Gasteiger partial charge in [-0.05, 0) is 25.0 Å². The minimum absolute atomic E-state index is 0.116. The van der Waals surface area contributed by atoms with Gasteiger partial charge in [-0.25, -0.2) is 15.0 Å². The van der Waals surface area contributed by atoms with Gasteiger partial charge in [0.05, 0.1) is 0 Å². The number of anilines is 2. The van der Waals surface area contributed by atoms with Crippen molar-refractivity contribution in [2.45, 2.75) is 26.2 Å². The van der Waals surface area contributed by atoms with Crippen LogP contribution in [-0.2, 0) is 11.2 Å². The van der Waals surface area contributed by atoms with E-state index in [-0.39, 0.29) is 12.4 Å². The first-order valence-electron chi connectivity index (χ1n) is 8.14. The van der Waals surface area contributed by atoms with Gasteiger partial charge in [-0.3, -0.25) is 9.20 Å². The molecule has 0 fully saturated rings. The maximum Gasteiger partial charge on any atom is 0.303 e. The summed E-state index contributed by atoms with van der Waals surface area (Å²) in [6.07, 6.45) is 4.75. The third-order valence-corrected chi connectivity index (χ3v) is 3.89. The van der Waals surface area contributed by atoms with E-state index in [1.54, 1.807) is 12.4 Å². The lowest BCUT2D eigenvalue weighted by Crippen LogP contribution is -2.09. The maximum atomic E-state index is 10.7. The van der Waals surface area contributed by atoms with Crippen LogP contribution in [-0.4, -0.2) is 37.0 Å². The lowest BCUT2D eigenvalue weighted by Gasteiger charge is -2.11. The van der Waals surface area contributed by atoms with Crippen LogP contribution in [0.3, 0.4) is 0 Å². The predicted octanol–water partition coefficient (Wildman–Crippen LogP) is 2.21. The Labute approximate surface area is 144 Å². The van der Waals surface area contributed by atoms with Gasteiger partial charge in [-0.2, -0.15) is 0 Å². The molecule has 0 aromatic carbocycles. The number of nitrogen functional groups attached to an aromatic ring is 1. The Morgan fingerprint density at radius 2 is 2.08 bits per heavy atom. The van der Waals surface area contributed by atoms with Gasteiger partial charge >= 0.3 is 5.97 Å². The summed E-state index contributed by atoms with van der Waals surface area (Å²) in [7, 11) is 0. The Morgan fingerprint density at radius 1 is 1.32 bits per heavy atom. The monoisotopic (exact) mass is 340 g/mol. The normalized spacial score (nSPS) is 10.9. The lowest BCUT2D eigenvalue weighted by molar-refractivity contribution is -0.137. The Hall–Kier alpha value is -3.16. The van der Waals surface area contributed by atoms with Crippen LogP contribution < -0.4 is 11.1 Å². The van der Waals surface area contributed by atoms with E-state index in [1.165, 1.54) is 0 Å². The third-order valence-electron chi connectivity index (χ3n) is 3.89. The maximum absolute atomic E-state index is 10.7. The Balaban J connectivity index is 2.03. The molecule has 0 radical (unpaired) electrons. The number of carboxylic acids is 1. The van der Waals surface area contributed by atoms with Crippen LogP contribution in [0.2, 0.25) is 0 Å². The highest BCUT2D eigenvalue weighted by molar-refractivity contribution is 5.76. The number of imidazole rings is 1. The molecule has 3 heterocycles. The highest BCUT2D eigenvalue weighted by Gasteiger charge is 2.16. The molecule has 4 N–H and O–H groups in total. The van der Waals surface area contributed by atoms with Crippen molar-refractivity contribution < 1.29 is 9.90 Å². The van der Waals surface area contributed by atoms with Crippen LogP contribution in [0.5, 0.6) is 0 Å². The van der Waals surface area contributed by atoms with Crippen LogP contribution in [0.1, 0.15) is 25.5 Å². The number of nitrogens with zero attached hydrogens (tertiary/aromatic N) is 4. The summed E-state index contributed by atoms with van der Waals surface area (Å²) in [6.45, 7) is 2.61. The molecular formula is C17H20N6O2. The molecule has 0 spiro atoms. The van der Waals surface area contributed by atoms with Crippen LogP contribution in [0, 0.1) is 0 Å². The molecule has 8 nitrogen and oxygen atoms in total. The molecule has 0 unspecified atom stereocenters. The molecule has 3 rings (SSSR count). The number of carbonyl (C=O) groups is 1. The predicted molar refractivity (Wildman–Crippen MR) is 95.4 cm³/mol. The average Bonchev–Trinajstić information content (AvgIpc) is 2.98. The zero-order valence-corrected chi connectivity index (χ0v) is 13.9. The summed E-state index contributed by atoms with van der Waals surface area (Å²) in [5.74, 6) is 0.213. The number of pyridine rings is 1. The number of hydrogen-bond acceptors (Lipinski definition) is 6. The quantitative estimate of drug-likeness (QED) is 0.564. The van der Waals surface area contributed by atoms with Gasteiger partial charge in [-0.1, -0.05) is 13.0 Å². The number of aryl methyl sites for hydroxylation is 1. The van der Waals surface area contributed by atoms with Crippen LogP contribution >= 0.6 is 0 Å². The standard InChI is InChI=1S/C17H20N6O2/c1-2-12-5-3-6-13-22-15(11-9-20-17(18)21-10-11)16(23(12)13)19-8-4-7-14(24)25/h3,5-6,9-10,19H,2,4,7-8H2,1H3,(H,24,25)(H2,18,20,21). The zero-order valence-electron chi connectivity index (χ0n) is 13.9. The van der Waals surface area contributed by atoms with Crippen molar-refractivity contribution in [1.82, 2.24) is 19.4 Å². The van der Waals surface area contributed by atoms with Gasteiger partial charge in [0.25, 0.3) is 0 Å². The van der Waals surface area contributed by atoms with E-state index >= 15 is 0 Å². The van der Waals surface area contributed by atoms with E-state index in [0.717, 1.165) is 34.8 Å². The second-order valence-corrected chi connectivity index (χ2v) is 5.63. The minimum Gasteiger partial charge on any atom is -0.481 e. The summed E-state index contributed by atoms with van der Waals surface area (Å²) in [5.41, 5.74) is 8.96. The van der Waals surface area contributed by atoms with Crippen LogP contribution in [0.25, 0.3) is 16.9 Å². The second kappa shape index (κ2) is 7.16. The SMILES string of the molecule is CCc1cccc2nc(-c3cnc(N)nc3)c(NCCCC(=O)O)n12. The molecule has 0 atom stereocenters. The molecule has 130 valence electrons. The van der Waals surface area contributed by atoms with E-state index < -0.39 is 5.97 Å². The molecular weight excluding hydrogens is 320 g/mol. The number of fused-ring (bicyclic) bond motifs is 1. The Morgan fingerprint density at radius 3 is 2.76 bits per heavy atom. The van der Waals surface area contributed by atoms with Gasteiger partial charge < -0.3 is 16.2 Å². The number of nitrogens with one attached hydrogen (secondary N) is 1. The van der Waals surface area contributed by atoms with Crippen LogP contribution in [0.15, 0.2) is 30.6 Å². The molecule has 25 heavy (non-hydrogen) atoms. The topological polar surface area (TPSA) is 118 Å². The van der Waals surface area contributed by atoms with Gasteiger partial charge in [0.15, 0.2) is 0 Å². The van der Waals surface area contributed by atoms with Crippen molar-refractivity contribution in [2.24, 2.45) is 0 Å². The highest BCUT2D eigenvalue weighted by Crippen LogP contribution is 2.29. The number of rotatable bonds is 7. The first-order valence-corrected chi connectivity index (χ1v) is 8.14. The fourth-order valence-electron chi connectivity index (χ4n) is 2.71. The number of nitrogens with two attached hydrogens (primary N) is 1. The molecule has 3 aromatic rings. The number of aliphatic carboxylic acids is 1. The molecule has 0 aliphatic rings. The van der Waals surface area contributed by atoms with Crippen molar-refractivity contribution >= 4 is 23.4 Å². The van der Waals surface area contributed by atoms with Crippen molar-refractivity contribution in [3.63, 3.8) is 0 Å². The fourth-order valence-corrected chi connectivity index (χ4v) is 2.71. The molecule has 0 saturated heterocycles. The summed E-state index contributed by atoms with van der Waals surface area (Å²) in [6, 6.07) is 5.95. The van der Waals surface area contributed by atoms with E-state index in [0.29, 0.717) is 13.0 Å². The summed E-state index contributed by atoms with van der Waals surface area (Å²) < 4.78 is 2.05. The van der Waals surface area contributed by atoms with E-state index in [1.807, 2.05) is 22.6 Å². The minimum atomic E-state index is -0.804. The molecule has 8 heteroatoms. The van der Waals surface area contributed by atoms with Crippen molar-refractivity contribution in [3.05, 3.63) is 36.3 Å². The lowest BCUT2D eigenvalue weighted by atomic mass is 10.2. The van der Waals surface area contributed by atoms with Crippen LogP contribution in [0.4, 0.5) is 11.8 Å². The van der Waals surface area contributed by atoms with Gasteiger partial charge in [0.1, 0.15) is 17.2 Å². The van der Waals surface area contributed by atoms with Crippen molar-refractivity contribution in [2.75, 3.05) is 17.6 Å². The van der Waals surface area contributed by atoms with Gasteiger partial charge in [-0.15, -0.1) is 0 Å². The molecule has 0 amide bonds. The first-order chi connectivity index (χ1) is 12.1. The zero-order chi connectivity index (χ0) is 17.8. The molecule has 0 saturated carbocycles. The molecule has 0 aliphatic heterocycles. The van der Waals surface area contributed by atoms with Crippen molar-refractivity contribution in [1.29, 1.82) is 0 Å². The number of hydrogen-bond donors (Lipinski definition) is 3. The smallest absolute Gasteiger partial charge is 0.303 e. The number of carboxylic acid groups (broad SMARTS) is 1. The molecule has 0 bridgehead atoms. The van der Waals surface area contributed by atoms with E-state index in [2.05, 4.69) is 22.2 Å². The fraction of sp³-hybridized carbons (Fsp3) is 0.294. The Bertz CT molecular complexity index is 888. The van der Waals surface area contributed by atoms with Gasteiger partial charge in [0.2, 0.25) is 5.95 Å². The van der Waals surface area contributed by atoms with E-state index in [9.17, 15) is 4.79 Å². The number of aromatic nitrogens is 4. The molecule has 3 aromatic heterocycles.